The summed E-state index contributed by atoms with van der Waals surface area (Å²) in [5.74, 6) is -1.93. The van der Waals surface area contributed by atoms with Crippen molar-refractivity contribution in [1.82, 2.24) is 0 Å². The van der Waals surface area contributed by atoms with Gasteiger partial charge in [0.15, 0.2) is 0 Å². The molecule has 1 aliphatic heterocycles. The Morgan fingerprint density at radius 1 is 1.48 bits per heavy atom. The van der Waals surface area contributed by atoms with E-state index in [0.717, 1.165) is 0 Å². The van der Waals surface area contributed by atoms with Gasteiger partial charge in [-0.2, -0.15) is 0 Å². The van der Waals surface area contributed by atoms with Crippen molar-refractivity contribution >= 4 is 23.5 Å². The van der Waals surface area contributed by atoms with Gasteiger partial charge in [0.05, 0.1) is 23.9 Å². The number of hydrogen-bond acceptors (Lipinski definition) is 4. The van der Waals surface area contributed by atoms with Crippen LogP contribution in [0.3, 0.4) is 0 Å². The fourth-order valence-corrected chi connectivity index (χ4v) is 2.30. The molecule has 1 unspecified atom stereocenters. The molecule has 0 aliphatic carbocycles. The highest BCUT2D eigenvalue weighted by Gasteiger charge is 2.32. The minimum Gasteiger partial charge on any atom is -0.478 e. The van der Waals surface area contributed by atoms with Gasteiger partial charge in [0.2, 0.25) is 5.91 Å². The minimum absolute atomic E-state index is 0.00695. The number of esters is 1. The third-order valence-electron chi connectivity index (χ3n) is 3.43. The van der Waals surface area contributed by atoms with E-state index in [9.17, 15) is 14.4 Å². The molecule has 1 aromatic rings. The van der Waals surface area contributed by atoms with Gasteiger partial charge < -0.3 is 14.7 Å². The number of nitrogens with zero attached hydrogens (tertiary/aromatic N) is 1. The van der Waals surface area contributed by atoms with Crippen molar-refractivity contribution < 1.29 is 24.2 Å². The summed E-state index contributed by atoms with van der Waals surface area (Å²) >= 11 is 0. The lowest BCUT2D eigenvalue weighted by atomic mass is 10.1. The van der Waals surface area contributed by atoms with Crippen LogP contribution >= 0.6 is 0 Å². The van der Waals surface area contributed by atoms with Gasteiger partial charge in [0, 0.05) is 18.9 Å². The molecule has 110 valence electrons. The summed E-state index contributed by atoms with van der Waals surface area (Å²) in [5, 5.41) is 9.07. The van der Waals surface area contributed by atoms with E-state index in [0.29, 0.717) is 13.0 Å². The fourth-order valence-electron chi connectivity index (χ4n) is 2.30. The second kappa shape index (κ2) is 5.78. The highest BCUT2D eigenvalue weighted by Crippen LogP contribution is 2.30. The van der Waals surface area contributed by atoms with Crippen molar-refractivity contribution in [2.24, 2.45) is 5.92 Å². The zero-order valence-electron chi connectivity index (χ0n) is 11.5. The van der Waals surface area contributed by atoms with Crippen LogP contribution in [-0.2, 0) is 9.53 Å². The van der Waals surface area contributed by atoms with Crippen molar-refractivity contribution in [3.8, 4) is 0 Å². The van der Waals surface area contributed by atoms with Gasteiger partial charge in [-0.15, -0.1) is 6.58 Å². The number of carbonyl (C=O) groups excluding carboxylic acids is 2. The molecule has 1 heterocycles. The maximum atomic E-state index is 12.1. The van der Waals surface area contributed by atoms with Crippen molar-refractivity contribution in [2.75, 3.05) is 18.6 Å². The normalized spacial score (nSPS) is 17.7. The standard InChI is InChI=1S/C15H15NO5/c1-3-9-6-13(17)16(8-9)12-7-10(14(18)19)4-5-11(12)15(20)21-2/h3-5,7,9H,1,6,8H2,2H3,(H,18,19). The predicted octanol–water partition coefficient (Wildman–Crippen LogP) is 1.71. The molecular formula is C15H15NO5. The monoisotopic (exact) mass is 289 g/mol. The molecule has 1 amide bonds. The van der Waals surface area contributed by atoms with Crippen LogP contribution in [0.4, 0.5) is 5.69 Å². The van der Waals surface area contributed by atoms with Gasteiger partial charge in [-0.05, 0) is 18.2 Å². The third kappa shape index (κ3) is 2.79. The molecule has 6 heteroatoms. The molecule has 0 spiro atoms. The smallest absolute Gasteiger partial charge is 0.339 e. The van der Waals surface area contributed by atoms with Gasteiger partial charge in [-0.25, -0.2) is 9.59 Å². The van der Waals surface area contributed by atoms with Crippen LogP contribution in [0.1, 0.15) is 27.1 Å². The van der Waals surface area contributed by atoms with Crippen LogP contribution in [0.25, 0.3) is 0 Å². The summed E-state index contributed by atoms with van der Waals surface area (Å²) in [6, 6.07) is 3.99. The summed E-state index contributed by atoms with van der Waals surface area (Å²) in [5.41, 5.74) is 0.434. The number of anilines is 1. The fraction of sp³-hybridized carbons (Fsp3) is 0.267. The number of carbonyl (C=O) groups is 3. The number of ether oxygens (including phenoxy) is 1. The molecular weight excluding hydrogens is 274 g/mol. The van der Waals surface area contributed by atoms with Crippen molar-refractivity contribution in [3.63, 3.8) is 0 Å². The third-order valence-corrected chi connectivity index (χ3v) is 3.43. The van der Waals surface area contributed by atoms with Gasteiger partial charge >= 0.3 is 11.9 Å². The van der Waals surface area contributed by atoms with Crippen LogP contribution < -0.4 is 4.90 Å². The Morgan fingerprint density at radius 3 is 2.71 bits per heavy atom. The molecule has 2 rings (SSSR count). The van der Waals surface area contributed by atoms with Crippen LogP contribution in [0, 0.1) is 5.92 Å². The number of aromatic carboxylic acids is 1. The van der Waals surface area contributed by atoms with Crippen LogP contribution in [0.5, 0.6) is 0 Å². The SMILES string of the molecule is C=CC1CC(=O)N(c2cc(C(=O)O)ccc2C(=O)OC)C1. The van der Waals surface area contributed by atoms with Crippen molar-refractivity contribution in [1.29, 1.82) is 0 Å². The largest absolute Gasteiger partial charge is 0.478 e. The summed E-state index contributed by atoms with van der Waals surface area (Å²) in [4.78, 5) is 36.4. The molecule has 1 N–H and O–H groups in total. The highest BCUT2D eigenvalue weighted by atomic mass is 16.5. The average molecular weight is 289 g/mol. The van der Waals surface area contributed by atoms with E-state index in [1.54, 1.807) is 6.08 Å². The summed E-state index contributed by atoms with van der Waals surface area (Å²) in [6.45, 7) is 4.03. The van der Waals surface area contributed by atoms with Crippen LogP contribution in [0.15, 0.2) is 30.9 Å². The van der Waals surface area contributed by atoms with Gasteiger partial charge in [0.1, 0.15) is 0 Å². The molecule has 21 heavy (non-hydrogen) atoms. The van der Waals surface area contributed by atoms with Gasteiger partial charge in [-0.1, -0.05) is 6.08 Å². The first-order chi connectivity index (χ1) is 9.97. The van der Waals surface area contributed by atoms with Crippen molar-refractivity contribution in [3.05, 3.63) is 42.0 Å². The lowest BCUT2D eigenvalue weighted by molar-refractivity contribution is -0.117. The average Bonchev–Trinajstić information content (AvgIpc) is 2.86. The lowest BCUT2D eigenvalue weighted by Gasteiger charge is -2.19. The summed E-state index contributed by atoms with van der Waals surface area (Å²) in [6.07, 6.45) is 1.97. The Hall–Kier alpha value is -2.63. The molecule has 1 fully saturated rings. The lowest BCUT2D eigenvalue weighted by Crippen LogP contribution is -2.27. The topological polar surface area (TPSA) is 83.9 Å². The number of rotatable bonds is 4. The number of benzene rings is 1. The molecule has 1 atom stereocenters. The Balaban J connectivity index is 2.50. The molecule has 0 radical (unpaired) electrons. The maximum absolute atomic E-state index is 12.1. The van der Waals surface area contributed by atoms with E-state index >= 15 is 0 Å². The second-order valence-electron chi connectivity index (χ2n) is 4.73. The summed E-state index contributed by atoms with van der Waals surface area (Å²) in [7, 11) is 1.23. The number of carboxylic acid groups (broad SMARTS) is 1. The molecule has 1 aliphatic rings. The molecule has 0 bridgehead atoms. The Labute approximate surface area is 121 Å². The van der Waals surface area contributed by atoms with E-state index in [4.69, 9.17) is 5.11 Å². The molecule has 0 aromatic heterocycles. The first-order valence-corrected chi connectivity index (χ1v) is 6.36. The Morgan fingerprint density at radius 2 is 2.19 bits per heavy atom. The van der Waals surface area contributed by atoms with Gasteiger partial charge in [0.25, 0.3) is 0 Å². The first kappa shape index (κ1) is 14.8. The Bertz CT molecular complexity index is 622. The van der Waals surface area contributed by atoms with Crippen LogP contribution in [0.2, 0.25) is 0 Å². The number of amides is 1. The zero-order chi connectivity index (χ0) is 15.6. The van der Waals surface area contributed by atoms with E-state index in [-0.39, 0.29) is 28.6 Å². The minimum atomic E-state index is -1.13. The Kier molecular flexibility index (Phi) is 4.07. The molecule has 0 saturated carbocycles. The first-order valence-electron chi connectivity index (χ1n) is 6.36. The quantitative estimate of drug-likeness (QED) is 0.674. The van der Waals surface area contributed by atoms with Gasteiger partial charge in [-0.3, -0.25) is 4.79 Å². The number of methoxy groups -OCH3 is 1. The van der Waals surface area contributed by atoms with E-state index < -0.39 is 11.9 Å². The van der Waals surface area contributed by atoms with Crippen LogP contribution in [-0.4, -0.2) is 36.6 Å². The summed E-state index contributed by atoms with van der Waals surface area (Å²) < 4.78 is 4.68. The predicted molar refractivity (Wildman–Crippen MR) is 75.4 cm³/mol. The molecule has 6 nitrogen and oxygen atoms in total. The maximum Gasteiger partial charge on any atom is 0.339 e. The van der Waals surface area contributed by atoms with Crippen molar-refractivity contribution in [2.45, 2.75) is 6.42 Å². The zero-order valence-corrected chi connectivity index (χ0v) is 11.5. The van der Waals surface area contributed by atoms with E-state index in [1.807, 2.05) is 0 Å². The highest BCUT2D eigenvalue weighted by molar-refractivity contribution is 6.05. The molecule has 1 aromatic carbocycles. The number of carboxylic acids is 1. The molecule has 1 saturated heterocycles. The van der Waals surface area contributed by atoms with E-state index in [2.05, 4.69) is 11.3 Å². The van der Waals surface area contributed by atoms with E-state index in [1.165, 1.54) is 30.2 Å². The second-order valence-corrected chi connectivity index (χ2v) is 4.73. The number of hydrogen-bond donors (Lipinski definition) is 1.